The van der Waals surface area contributed by atoms with Crippen molar-refractivity contribution in [1.29, 1.82) is 0 Å². The van der Waals surface area contributed by atoms with Crippen molar-refractivity contribution in [2.24, 2.45) is 5.73 Å². The highest BCUT2D eigenvalue weighted by Crippen LogP contribution is 2.31. The number of rotatable bonds is 4. The summed E-state index contributed by atoms with van der Waals surface area (Å²) in [6, 6.07) is 7.48. The molecule has 14 heteroatoms. The van der Waals surface area contributed by atoms with Gasteiger partial charge in [-0.15, -0.1) is 0 Å². The van der Waals surface area contributed by atoms with E-state index in [2.05, 4.69) is 15.7 Å². The summed E-state index contributed by atoms with van der Waals surface area (Å²) in [5.41, 5.74) is 5.87. The summed E-state index contributed by atoms with van der Waals surface area (Å²) in [5, 5.41) is 0. The molecule has 2 fully saturated rings. The highest BCUT2D eigenvalue weighted by Gasteiger charge is 2.36. The zero-order valence-corrected chi connectivity index (χ0v) is 22.5. The van der Waals surface area contributed by atoms with Crippen LogP contribution >= 0.6 is 0 Å². The molecular formula is C27H33F5N6O3. The number of alkyl halides is 3. The molecule has 2 aromatic heterocycles. The first kappa shape index (κ1) is 31.7. The Morgan fingerprint density at radius 3 is 2.44 bits per heavy atom. The van der Waals surface area contributed by atoms with E-state index in [0.717, 1.165) is 30.8 Å². The summed E-state index contributed by atoms with van der Waals surface area (Å²) in [5.74, 6) is -3.32. The maximum absolute atomic E-state index is 13.8. The second-order valence-electron chi connectivity index (χ2n) is 9.67. The number of H-pyrrole nitrogens is 1. The molecule has 9 nitrogen and oxygen atoms in total. The van der Waals surface area contributed by atoms with E-state index in [1.165, 1.54) is 19.2 Å². The Morgan fingerprint density at radius 1 is 1.07 bits per heavy atom. The van der Waals surface area contributed by atoms with Gasteiger partial charge >= 0.3 is 11.9 Å². The number of amides is 2. The summed E-state index contributed by atoms with van der Waals surface area (Å²) in [6.45, 7) is -0.209. The minimum absolute atomic E-state index is 0.0104. The van der Waals surface area contributed by atoms with Crippen molar-refractivity contribution >= 4 is 23.5 Å². The fraction of sp³-hybridized carbons (Fsp3) is 0.481. The molecule has 2 aliphatic heterocycles. The smallest absolute Gasteiger partial charge is 0.345 e. The second-order valence-corrected chi connectivity index (χ2v) is 9.67. The lowest BCUT2D eigenvalue weighted by Gasteiger charge is -2.29. The van der Waals surface area contributed by atoms with Gasteiger partial charge in [0, 0.05) is 44.2 Å². The lowest BCUT2D eigenvalue weighted by Crippen LogP contribution is -2.40. The van der Waals surface area contributed by atoms with Crippen LogP contribution in [0.3, 0.4) is 0 Å². The molecule has 5 rings (SSSR count). The number of fused-ring (bicyclic) bond motifs is 1. The van der Waals surface area contributed by atoms with Gasteiger partial charge in [-0.25, -0.2) is 18.6 Å². The average molecular weight is 585 g/mol. The van der Waals surface area contributed by atoms with Gasteiger partial charge in [0.25, 0.3) is 0 Å². The lowest BCUT2D eigenvalue weighted by atomic mass is 9.93. The number of benzene rings is 1. The van der Waals surface area contributed by atoms with E-state index in [-0.39, 0.29) is 30.3 Å². The van der Waals surface area contributed by atoms with Crippen molar-refractivity contribution in [2.75, 3.05) is 33.2 Å². The monoisotopic (exact) mass is 584 g/mol. The maximum atomic E-state index is 13.8. The van der Waals surface area contributed by atoms with Crippen molar-refractivity contribution < 1.29 is 31.5 Å². The highest BCUT2D eigenvalue weighted by atomic mass is 19.4. The normalized spacial score (nSPS) is 18.2. The molecule has 2 aliphatic rings. The third kappa shape index (κ3) is 8.12. The van der Waals surface area contributed by atoms with Crippen LogP contribution in [-0.4, -0.2) is 76.1 Å². The number of likely N-dealkylation sites (tertiary alicyclic amines) is 2. The number of hydrogen-bond donors (Lipinski definition) is 2. The van der Waals surface area contributed by atoms with Gasteiger partial charge in [-0.05, 0) is 56.5 Å². The van der Waals surface area contributed by atoms with Crippen molar-refractivity contribution in [3.63, 3.8) is 0 Å². The first-order valence-corrected chi connectivity index (χ1v) is 13.2. The molecule has 1 aromatic carbocycles. The number of aromatic amines is 1. The van der Waals surface area contributed by atoms with E-state index in [4.69, 9.17) is 0 Å². The van der Waals surface area contributed by atoms with E-state index in [1.807, 2.05) is 12.1 Å². The number of aromatic nitrogens is 3. The fourth-order valence-corrected chi connectivity index (χ4v) is 5.15. The van der Waals surface area contributed by atoms with Crippen LogP contribution in [0.15, 0.2) is 41.3 Å². The maximum Gasteiger partial charge on any atom is 0.406 e. The Labute approximate surface area is 233 Å². The van der Waals surface area contributed by atoms with Gasteiger partial charge in [0.1, 0.15) is 6.54 Å². The Bertz CT molecular complexity index is 1370. The van der Waals surface area contributed by atoms with Crippen molar-refractivity contribution in [1.82, 2.24) is 24.3 Å². The quantitative estimate of drug-likeness (QED) is 0.358. The van der Waals surface area contributed by atoms with Crippen LogP contribution in [0.1, 0.15) is 49.6 Å². The molecule has 1 atom stereocenters. The topological polar surface area (TPSA) is 117 Å². The molecule has 3 N–H and O–H groups in total. The molecule has 224 valence electrons. The summed E-state index contributed by atoms with van der Waals surface area (Å²) < 4.78 is 66.3. The molecule has 2 amide bonds. The Balaban J connectivity index is 0.000000214. The Hall–Kier alpha value is -3.81. The molecule has 0 spiro atoms. The molecule has 2 saturated heterocycles. The lowest BCUT2D eigenvalue weighted by molar-refractivity contribution is -0.160. The number of piperidine rings is 1. The molecule has 0 aliphatic carbocycles. The SMILES string of the molecule is CN.O=C1CCCC(c2cccc(F)c2F)CN1CC(F)(F)F.O=CN1CCC(n2c(=O)[nH]c3ncccc32)CC1. The molecule has 1 unspecified atom stereocenters. The largest absolute Gasteiger partial charge is 0.406 e. The van der Waals surface area contributed by atoms with Crippen molar-refractivity contribution in [3.8, 4) is 0 Å². The summed E-state index contributed by atoms with van der Waals surface area (Å²) in [7, 11) is 1.50. The van der Waals surface area contributed by atoms with E-state index >= 15 is 0 Å². The van der Waals surface area contributed by atoms with Gasteiger partial charge in [0.05, 0.1) is 5.52 Å². The minimum Gasteiger partial charge on any atom is -0.345 e. The molecule has 0 saturated carbocycles. The van der Waals surface area contributed by atoms with Crippen LogP contribution < -0.4 is 11.4 Å². The third-order valence-corrected chi connectivity index (χ3v) is 7.03. The minimum atomic E-state index is -4.51. The molecule has 0 radical (unpaired) electrons. The number of nitrogens with two attached hydrogens (primary N) is 1. The van der Waals surface area contributed by atoms with Crippen LogP contribution in [0.5, 0.6) is 0 Å². The van der Waals surface area contributed by atoms with E-state index < -0.39 is 36.2 Å². The van der Waals surface area contributed by atoms with Crippen LogP contribution in [0.25, 0.3) is 11.2 Å². The number of nitrogens with zero attached hydrogens (tertiary/aromatic N) is 4. The van der Waals surface area contributed by atoms with Crippen molar-refractivity contribution in [3.05, 3.63) is 64.2 Å². The molecule has 0 bridgehead atoms. The van der Waals surface area contributed by atoms with Crippen LogP contribution in [0.4, 0.5) is 22.0 Å². The predicted molar refractivity (Wildman–Crippen MR) is 142 cm³/mol. The predicted octanol–water partition coefficient (Wildman–Crippen LogP) is 3.72. The fourth-order valence-electron chi connectivity index (χ4n) is 5.15. The number of carbonyl (C=O) groups excluding carboxylic acids is 2. The van der Waals surface area contributed by atoms with E-state index in [9.17, 15) is 36.3 Å². The zero-order valence-electron chi connectivity index (χ0n) is 22.5. The van der Waals surface area contributed by atoms with Gasteiger partial charge in [0.2, 0.25) is 12.3 Å². The van der Waals surface area contributed by atoms with E-state index in [1.54, 1.807) is 15.7 Å². The van der Waals surface area contributed by atoms with Gasteiger partial charge in [-0.1, -0.05) is 12.1 Å². The Morgan fingerprint density at radius 2 is 1.78 bits per heavy atom. The second kappa shape index (κ2) is 14.2. The van der Waals surface area contributed by atoms with Gasteiger partial charge in [0.15, 0.2) is 17.3 Å². The molecule has 4 heterocycles. The number of hydrogen-bond acceptors (Lipinski definition) is 5. The number of imidazole rings is 1. The van der Waals surface area contributed by atoms with Gasteiger partial charge in [-0.2, -0.15) is 13.2 Å². The van der Waals surface area contributed by atoms with E-state index in [0.29, 0.717) is 36.5 Å². The molecular weight excluding hydrogens is 551 g/mol. The molecule has 41 heavy (non-hydrogen) atoms. The number of pyridine rings is 1. The van der Waals surface area contributed by atoms with Crippen LogP contribution in [0, 0.1) is 11.6 Å². The highest BCUT2D eigenvalue weighted by molar-refractivity contribution is 5.76. The standard InChI is InChI=1S/C14H14F5NO.C12H14N4O2.CH5N/c15-11-5-2-4-10(13(11)16)9-3-1-6-12(21)20(7-9)8-14(17,18)19;17-8-15-6-3-9(4-7-15)16-10-2-1-5-13-11(10)14-12(16)18;1-2/h2,4-5,9H,1,3,6-8H2;1-2,5,8-9H,3-4,6-7H2,(H,13,14,18);2H2,1H3. The zero-order chi connectivity index (χ0) is 30.2. The summed E-state index contributed by atoms with van der Waals surface area (Å²) >= 11 is 0. The number of carbonyl (C=O) groups is 2. The third-order valence-electron chi connectivity index (χ3n) is 7.03. The van der Waals surface area contributed by atoms with Gasteiger partial charge < -0.3 is 15.5 Å². The first-order valence-electron chi connectivity index (χ1n) is 13.2. The Kier molecular flexibility index (Phi) is 11.0. The van der Waals surface area contributed by atoms with Crippen LogP contribution in [-0.2, 0) is 9.59 Å². The average Bonchev–Trinajstić information content (AvgIpc) is 3.19. The van der Waals surface area contributed by atoms with Gasteiger partial charge in [-0.3, -0.25) is 19.1 Å². The summed E-state index contributed by atoms with van der Waals surface area (Å²) in [4.78, 5) is 43.7. The number of halogens is 5. The van der Waals surface area contributed by atoms with Crippen molar-refractivity contribution in [2.45, 2.75) is 50.2 Å². The molecule has 3 aromatic rings. The first-order chi connectivity index (χ1) is 19.6. The van der Waals surface area contributed by atoms with Crippen LogP contribution in [0.2, 0.25) is 0 Å². The number of nitrogens with one attached hydrogen (secondary N) is 1. The summed E-state index contributed by atoms with van der Waals surface area (Å²) in [6.07, 6.45) is 0.331.